The van der Waals surface area contributed by atoms with Crippen LogP contribution in [-0.4, -0.2) is 189 Å². The Morgan fingerprint density at radius 3 is 1.48 bits per heavy atom. The van der Waals surface area contributed by atoms with Crippen molar-refractivity contribution in [2.45, 2.75) is 165 Å². The van der Waals surface area contributed by atoms with Crippen LogP contribution in [-0.2, 0) is 85.3 Å². The molecule has 24 heteroatoms. The van der Waals surface area contributed by atoms with Gasteiger partial charge in [-0.15, -0.1) is 0 Å². The Hall–Kier alpha value is -6.00. The number of fused-ring (bicyclic) bond motifs is 3. The molecule has 0 aliphatic carbocycles. The van der Waals surface area contributed by atoms with Gasteiger partial charge in [0.2, 0.25) is 0 Å². The van der Waals surface area contributed by atoms with Gasteiger partial charge in [-0.25, -0.2) is 14.4 Å². The smallest absolute Gasteiger partial charge is 0.338 e. The zero-order valence-corrected chi connectivity index (χ0v) is 52.5. The van der Waals surface area contributed by atoms with Crippen LogP contribution >= 0.6 is 0 Å². The lowest BCUT2D eigenvalue weighted by atomic mass is 9.83. The van der Waals surface area contributed by atoms with E-state index in [2.05, 4.69) is 16.9 Å². The number of carbonyl (C=O) groups is 3. The Morgan fingerprint density at radius 2 is 0.923 bits per heavy atom. The van der Waals surface area contributed by atoms with Gasteiger partial charge in [0.15, 0.2) is 43.8 Å². The summed E-state index contributed by atoms with van der Waals surface area (Å²) in [5.74, 6) is -4.35. The molecule has 0 N–H and O–H groups in total. The molecular weight excluding hydrogens is 1180 g/mol. The third kappa shape index (κ3) is 14.7. The minimum Gasteiger partial charge on any atom is -0.459 e. The second kappa shape index (κ2) is 30.4. The number of carbonyl (C=O) groups excluding carboxylic acids is 3. The molecule has 7 aliphatic rings. The molecule has 0 radical (unpaired) electrons. The first-order valence-corrected chi connectivity index (χ1v) is 31.3. The molecule has 0 spiro atoms. The maximum atomic E-state index is 14.5. The van der Waals surface area contributed by atoms with Gasteiger partial charge in [-0.05, 0) is 53.8 Å². The average molecular weight is 1270 g/mol. The van der Waals surface area contributed by atoms with Crippen molar-refractivity contribution in [3.63, 3.8) is 0 Å². The lowest BCUT2D eigenvalue weighted by Crippen LogP contribution is -2.64. The fraction of sp³-hybridized carbons (Fsp3) is 0.597. The number of azide groups is 1. The Kier molecular flexibility index (Phi) is 22.2. The molecule has 492 valence electrons. The van der Waals surface area contributed by atoms with Crippen molar-refractivity contribution in [2.75, 3.05) is 54.4 Å². The van der Waals surface area contributed by atoms with E-state index < -0.39 is 159 Å². The van der Waals surface area contributed by atoms with Gasteiger partial charge in [0.05, 0.1) is 67.0 Å². The van der Waals surface area contributed by atoms with Gasteiger partial charge in [-0.3, -0.25) is 0 Å². The molecule has 7 saturated heterocycles. The van der Waals surface area contributed by atoms with Crippen molar-refractivity contribution in [1.82, 2.24) is 0 Å². The molecule has 0 amide bonds. The summed E-state index contributed by atoms with van der Waals surface area (Å²) in [4.78, 5) is 45.2. The maximum absolute atomic E-state index is 14.5. The number of rotatable bonds is 22. The predicted molar refractivity (Wildman–Crippen MR) is 319 cm³/mol. The Bertz CT molecular complexity index is 3040. The normalized spacial score (nSPS) is 38.7. The van der Waals surface area contributed by atoms with Crippen molar-refractivity contribution in [3.8, 4) is 0 Å². The van der Waals surface area contributed by atoms with Gasteiger partial charge >= 0.3 is 17.9 Å². The first kappa shape index (κ1) is 66.5. The molecule has 7 heterocycles. The number of ether oxygens (including phenoxy) is 18. The Balaban J connectivity index is 0.879. The van der Waals surface area contributed by atoms with E-state index in [1.807, 2.05) is 65.0 Å². The molecule has 26 atom stereocenters. The molecule has 0 aromatic heterocycles. The van der Waals surface area contributed by atoms with Crippen molar-refractivity contribution in [1.29, 1.82) is 0 Å². The lowest BCUT2D eigenvalue weighted by Gasteiger charge is -2.52. The minimum absolute atomic E-state index is 0.0629. The monoisotopic (exact) mass is 1270 g/mol. The number of benzene rings is 4. The van der Waals surface area contributed by atoms with Gasteiger partial charge in [0.25, 0.3) is 0 Å². The van der Waals surface area contributed by atoms with Gasteiger partial charge in [0.1, 0.15) is 62.0 Å². The third-order valence-corrected chi connectivity index (χ3v) is 18.9. The van der Waals surface area contributed by atoms with Gasteiger partial charge in [-0.2, -0.15) is 0 Å². The summed E-state index contributed by atoms with van der Waals surface area (Å²) in [6.45, 7) is 11.7. The number of hydrogen-bond acceptors (Lipinski definition) is 22. The Labute approximate surface area is 529 Å². The van der Waals surface area contributed by atoms with Crippen molar-refractivity contribution < 1.29 is 99.6 Å². The van der Waals surface area contributed by atoms with Crippen LogP contribution in [0.2, 0.25) is 0 Å². The predicted octanol–water partition coefficient (Wildman–Crippen LogP) is 8.41. The molecule has 11 rings (SSSR count). The van der Waals surface area contributed by atoms with Crippen LogP contribution in [0.15, 0.2) is 126 Å². The summed E-state index contributed by atoms with van der Waals surface area (Å²) in [5, 5.41) is 3.93. The maximum Gasteiger partial charge on any atom is 0.338 e. The fourth-order valence-corrected chi connectivity index (χ4v) is 13.4. The molecule has 4 aromatic rings. The van der Waals surface area contributed by atoms with Gasteiger partial charge in [0, 0.05) is 55.5 Å². The first-order chi connectivity index (χ1) is 44.2. The summed E-state index contributed by atoms with van der Waals surface area (Å²) >= 11 is 0. The van der Waals surface area contributed by atoms with Gasteiger partial charge in [-0.1, -0.05) is 132 Å². The highest BCUT2D eigenvalue weighted by atomic mass is 16.8. The highest BCUT2D eigenvalue weighted by Crippen LogP contribution is 2.45. The summed E-state index contributed by atoms with van der Waals surface area (Å²) in [6.07, 6.45) is -16.0. The number of hydrogen-bond donors (Lipinski definition) is 0. The molecule has 91 heavy (non-hydrogen) atoms. The highest BCUT2D eigenvalue weighted by Gasteiger charge is 2.58. The molecule has 7 aliphatic heterocycles. The summed E-state index contributed by atoms with van der Waals surface area (Å²) in [7, 11) is 4.60. The number of esters is 3. The van der Waals surface area contributed by atoms with Crippen molar-refractivity contribution in [2.24, 2.45) is 40.6 Å². The van der Waals surface area contributed by atoms with E-state index in [4.69, 9.17) is 85.3 Å². The average Bonchev–Trinajstić information content (AvgIpc) is 1.60. The summed E-state index contributed by atoms with van der Waals surface area (Å²) in [6, 6.07) is 34.6. The SMILES string of the molecule is COC[C@@H]1O[C@@H](O[C@H]2C3CO[C@H](O3)C(N=[N+]=[N-])[C@@H]2OC)C(OC)C(C)[C@@H]1O[C@H]1O[C@@H](COC(=O)c2ccccc2)[C@@H](O[C@@H]2OC(COC(=O)c3ccccc3)[C@@H](O[C@@H]3OC4COC(c5ccccc5)O[C@H]4[C@H](C)C3C)[C@H](C)C2OC(=O)c2ccccc2)C(C)C1C. The molecule has 24 nitrogen and oxygen atoms in total. The van der Waals surface area contributed by atoms with Crippen LogP contribution in [0.25, 0.3) is 10.4 Å². The largest absolute Gasteiger partial charge is 0.459 e. The zero-order chi connectivity index (χ0) is 63.9. The van der Waals surface area contributed by atoms with Gasteiger partial charge < -0.3 is 85.3 Å². The molecular formula is C67H83N3O21. The molecule has 4 aromatic carbocycles. The molecule has 0 saturated carbocycles. The number of nitrogens with zero attached hydrogens (tertiary/aromatic N) is 3. The van der Waals surface area contributed by atoms with Crippen LogP contribution in [0.4, 0.5) is 0 Å². The standard InChI is InChI=1S/C67H83N3O21/c1-35-37(3)63(82-48-33-79-64(89-51(35)48)44-28-20-13-21-29-44)88-54-40(6)56(86-61(73)43-26-18-12-19-27-43)67(85-47(54)32-78-60(72)42-24-16-11-17-25-42)90-52-36(2)38(4)62(81-46(52)31-77-59(71)41-22-14-10-15-23-41)87-53-39(5)55(75-8)66(84-45(53)30-74-7)91-57-49-34-80-65(83-49)50(69-70-68)58(57)76-9/h10-29,35-40,45-58,62-67H,30-34H2,1-9H3/t35-,36?,37?,38?,39?,40+,45+,46+,47?,48?,49?,50?,51+,52+,53+,54+,55?,56?,57+,58+,62-,63+,64?,65-,66+,67+/m1/s1. The minimum atomic E-state index is -1.38. The van der Waals surface area contributed by atoms with Crippen molar-refractivity contribution in [3.05, 3.63) is 154 Å². The van der Waals surface area contributed by atoms with E-state index in [1.165, 1.54) is 7.11 Å². The van der Waals surface area contributed by atoms with Crippen LogP contribution in [0.1, 0.15) is 84.5 Å². The fourth-order valence-electron chi connectivity index (χ4n) is 13.4. The molecule has 2 bridgehead atoms. The Morgan fingerprint density at radius 1 is 0.462 bits per heavy atom. The second-order valence-electron chi connectivity index (χ2n) is 24.5. The van der Waals surface area contributed by atoms with Crippen LogP contribution in [0.5, 0.6) is 0 Å². The summed E-state index contributed by atoms with van der Waals surface area (Å²) in [5.41, 5.74) is 11.2. The van der Waals surface area contributed by atoms with Crippen LogP contribution in [0, 0.1) is 35.5 Å². The van der Waals surface area contributed by atoms with E-state index in [0.29, 0.717) is 11.1 Å². The zero-order valence-electron chi connectivity index (χ0n) is 52.5. The van der Waals surface area contributed by atoms with E-state index >= 15 is 0 Å². The topological polar surface area (TPSA) is 266 Å². The van der Waals surface area contributed by atoms with E-state index in [9.17, 15) is 19.9 Å². The highest BCUT2D eigenvalue weighted by molar-refractivity contribution is 5.90. The molecule has 11 unspecified atom stereocenters. The summed E-state index contributed by atoms with van der Waals surface area (Å²) < 4.78 is 117. The quantitative estimate of drug-likeness (QED) is 0.0235. The second-order valence-corrected chi connectivity index (χ2v) is 24.5. The molecule has 7 fully saturated rings. The van der Waals surface area contributed by atoms with E-state index in [1.54, 1.807) is 105 Å². The third-order valence-electron chi connectivity index (χ3n) is 18.9. The van der Waals surface area contributed by atoms with E-state index in [-0.39, 0.29) is 56.5 Å². The lowest BCUT2D eigenvalue weighted by molar-refractivity contribution is -0.381. The van der Waals surface area contributed by atoms with E-state index in [0.717, 1.165) is 5.56 Å². The van der Waals surface area contributed by atoms with Crippen LogP contribution in [0.3, 0.4) is 0 Å². The first-order valence-electron chi connectivity index (χ1n) is 31.3. The van der Waals surface area contributed by atoms with Crippen LogP contribution < -0.4 is 0 Å². The van der Waals surface area contributed by atoms with Crippen molar-refractivity contribution >= 4 is 17.9 Å². The number of methoxy groups -OCH3 is 3.